The first-order valence-corrected chi connectivity index (χ1v) is 8.79. The Kier molecular flexibility index (Phi) is 4.57. The molecule has 6 heteroatoms. The van der Waals surface area contributed by atoms with Gasteiger partial charge in [-0.3, -0.25) is 4.79 Å². The van der Waals surface area contributed by atoms with E-state index in [2.05, 4.69) is 23.6 Å². The second kappa shape index (κ2) is 6.65. The van der Waals surface area contributed by atoms with Crippen molar-refractivity contribution in [2.45, 2.75) is 32.9 Å². The van der Waals surface area contributed by atoms with Gasteiger partial charge < -0.3 is 15.5 Å². The van der Waals surface area contributed by atoms with Crippen LogP contribution in [0.15, 0.2) is 29.6 Å². The molecule has 0 bridgehead atoms. The van der Waals surface area contributed by atoms with Gasteiger partial charge in [0, 0.05) is 17.6 Å². The van der Waals surface area contributed by atoms with E-state index in [-0.39, 0.29) is 18.0 Å². The number of amides is 3. The fraction of sp³-hybridized carbons (Fsp3) is 0.333. The van der Waals surface area contributed by atoms with Crippen LogP contribution >= 0.6 is 11.3 Å². The van der Waals surface area contributed by atoms with E-state index >= 15 is 0 Å². The minimum absolute atomic E-state index is 0.0184. The molecule has 5 nitrogen and oxygen atoms in total. The van der Waals surface area contributed by atoms with Crippen LogP contribution in [0, 0.1) is 6.92 Å². The van der Waals surface area contributed by atoms with Crippen molar-refractivity contribution < 1.29 is 9.59 Å². The molecule has 1 aromatic carbocycles. The van der Waals surface area contributed by atoms with E-state index in [0.29, 0.717) is 13.0 Å². The molecule has 3 rings (SSSR count). The largest absolute Gasteiger partial charge is 0.331 e. The van der Waals surface area contributed by atoms with Crippen molar-refractivity contribution in [3.05, 3.63) is 51.2 Å². The first-order valence-electron chi connectivity index (χ1n) is 7.91. The number of aryl methyl sites for hydroxylation is 1. The van der Waals surface area contributed by atoms with Gasteiger partial charge in [0.05, 0.1) is 19.0 Å². The second-order valence-corrected chi connectivity index (χ2v) is 7.20. The molecule has 2 N–H and O–H groups in total. The molecule has 24 heavy (non-hydrogen) atoms. The molecule has 1 aliphatic rings. The zero-order chi connectivity index (χ0) is 17.3. The number of hydrogen-bond acceptors (Lipinski definition) is 3. The van der Waals surface area contributed by atoms with Gasteiger partial charge in [-0.2, -0.15) is 0 Å². The van der Waals surface area contributed by atoms with Crippen LogP contribution in [0.3, 0.4) is 0 Å². The predicted octanol–water partition coefficient (Wildman–Crippen LogP) is 3.45. The first kappa shape index (κ1) is 16.5. The number of carbonyl (C=O) groups is 2. The predicted molar refractivity (Wildman–Crippen MR) is 96.2 cm³/mol. The summed E-state index contributed by atoms with van der Waals surface area (Å²) < 4.78 is 0. The molecular weight excluding hydrogens is 322 g/mol. The van der Waals surface area contributed by atoms with Crippen molar-refractivity contribution in [3.8, 4) is 0 Å². The SMILES string of the molecule is Cc1ccsc1CN(C)C(=O)N[C@@H](C)c1ccc2c(c1)CC(=O)N2. The van der Waals surface area contributed by atoms with Crippen LogP contribution < -0.4 is 10.6 Å². The molecule has 0 fully saturated rings. The summed E-state index contributed by atoms with van der Waals surface area (Å²) in [6.45, 7) is 4.61. The second-order valence-electron chi connectivity index (χ2n) is 6.20. The van der Waals surface area contributed by atoms with Crippen LogP contribution in [-0.4, -0.2) is 23.9 Å². The van der Waals surface area contributed by atoms with E-state index in [4.69, 9.17) is 0 Å². The summed E-state index contributed by atoms with van der Waals surface area (Å²) in [6.07, 6.45) is 0.404. The third-order valence-electron chi connectivity index (χ3n) is 4.29. The molecule has 0 radical (unpaired) electrons. The first-order chi connectivity index (χ1) is 11.4. The van der Waals surface area contributed by atoms with Gasteiger partial charge in [0.15, 0.2) is 0 Å². The molecule has 0 aliphatic carbocycles. The number of hydrogen-bond donors (Lipinski definition) is 2. The Morgan fingerprint density at radius 3 is 2.92 bits per heavy atom. The Morgan fingerprint density at radius 1 is 1.42 bits per heavy atom. The van der Waals surface area contributed by atoms with Crippen molar-refractivity contribution in [1.29, 1.82) is 0 Å². The maximum absolute atomic E-state index is 12.4. The summed E-state index contributed by atoms with van der Waals surface area (Å²) in [5, 5.41) is 7.88. The number of carbonyl (C=O) groups excluding carboxylic acids is 2. The standard InChI is InChI=1S/C18H21N3O2S/c1-11-6-7-24-16(11)10-21(3)18(23)19-12(2)13-4-5-15-14(8-13)9-17(22)20-15/h4-8,12H,9-10H2,1-3H3,(H,19,23)(H,20,22)/t12-/m0/s1. The van der Waals surface area contributed by atoms with Crippen molar-refractivity contribution in [2.24, 2.45) is 0 Å². The molecule has 2 aromatic rings. The summed E-state index contributed by atoms with van der Waals surface area (Å²) in [6, 6.07) is 7.67. The molecule has 0 saturated carbocycles. The minimum atomic E-state index is -0.120. The van der Waals surface area contributed by atoms with Gasteiger partial charge in [0.2, 0.25) is 5.91 Å². The number of nitrogens with one attached hydrogen (secondary N) is 2. The molecule has 3 amide bonds. The van der Waals surface area contributed by atoms with Crippen LogP contribution in [0.5, 0.6) is 0 Å². The third-order valence-corrected chi connectivity index (χ3v) is 5.30. The Balaban J connectivity index is 1.63. The Hall–Kier alpha value is -2.34. The molecule has 0 spiro atoms. The summed E-state index contributed by atoms with van der Waals surface area (Å²) in [5.74, 6) is 0.0184. The number of fused-ring (bicyclic) bond motifs is 1. The van der Waals surface area contributed by atoms with Crippen molar-refractivity contribution in [3.63, 3.8) is 0 Å². The van der Waals surface area contributed by atoms with Crippen LogP contribution in [0.1, 0.15) is 34.5 Å². The van der Waals surface area contributed by atoms with Gasteiger partial charge >= 0.3 is 6.03 Å². The highest BCUT2D eigenvalue weighted by Crippen LogP contribution is 2.26. The van der Waals surface area contributed by atoms with Gasteiger partial charge in [-0.25, -0.2) is 4.79 Å². The van der Waals surface area contributed by atoms with E-state index in [1.807, 2.05) is 30.5 Å². The molecular formula is C18H21N3O2S. The third kappa shape index (κ3) is 3.43. The van der Waals surface area contributed by atoms with Gasteiger partial charge in [0.1, 0.15) is 0 Å². The molecule has 2 heterocycles. The maximum Gasteiger partial charge on any atom is 0.317 e. The fourth-order valence-electron chi connectivity index (χ4n) is 2.75. The van der Waals surface area contributed by atoms with Gasteiger partial charge in [-0.1, -0.05) is 12.1 Å². The Labute approximate surface area is 145 Å². The molecule has 1 aliphatic heterocycles. The topological polar surface area (TPSA) is 61.4 Å². The van der Waals surface area contributed by atoms with E-state index in [0.717, 1.165) is 16.8 Å². The van der Waals surface area contributed by atoms with Crippen molar-refractivity contribution in [1.82, 2.24) is 10.2 Å². The van der Waals surface area contributed by atoms with E-state index < -0.39 is 0 Å². The van der Waals surface area contributed by atoms with E-state index in [9.17, 15) is 9.59 Å². The van der Waals surface area contributed by atoms with Crippen LogP contribution in [-0.2, 0) is 17.8 Å². The van der Waals surface area contributed by atoms with Gasteiger partial charge in [0.25, 0.3) is 0 Å². The average Bonchev–Trinajstić information content (AvgIpc) is 3.11. The molecule has 0 saturated heterocycles. The Morgan fingerprint density at radius 2 is 2.21 bits per heavy atom. The summed E-state index contributed by atoms with van der Waals surface area (Å²) in [5.41, 5.74) is 4.07. The lowest BCUT2D eigenvalue weighted by atomic mass is 10.0. The number of urea groups is 1. The number of anilines is 1. The van der Waals surface area contributed by atoms with Crippen LogP contribution in [0.4, 0.5) is 10.5 Å². The smallest absolute Gasteiger partial charge is 0.317 e. The highest BCUT2D eigenvalue weighted by atomic mass is 32.1. The quantitative estimate of drug-likeness (QED) is 0.893. The number of rotatable bonds is 4. The maximum atomic E-state index is 12.4. The van der Waals surface area contributed by atoms with Crippen LogP contribution in [0.25, 0.3) is 0 Å². The van der Waals surface area contributed by atoms with Gasteiger partial charge in [-0.05, 0) is 48.1 Å². The lowest BCUT2D eigenvalue weighted by Crippen LogP contribution is -2.38. The molecule has 1 atom stereocenters. The van der Waals surface area contributed by atoms with E-state index in [1.165, 1.54) is 10.4 Å². The normalized spacial score (nSPS) is 14.0. The zero-order valence-corrected chi connectivity index (χ0v) is 14.9. The summed E-state index contributed by atoms with van der Waals surface area (Å²) in [4.78, 5) is 26.7. The number of thiophene rings is 1. The highest BCUT2D eigenvalue weighted by Gasteiger charge is 2.20. The molecule has 0 unspecified atom stereocenters. The summed E-state index contributed by atoms with van der Waals surface area (Å²) in [7, 11) is 1.80. The van der Waals surface area contributed by atoms with Crippen LogP contribution in [0.2, 0.25) is 0 Å². The Bertz CT molecular complexity index is 784. The molecule has 126 valence electrons. The van der Waals surface area contributed by atoms with Crippen molar-refractivity contribution >= 4 is 29.0 Å². The monoisotopic (exact) mass is 343 g/mol. The van der Waals surface area contributed by atoms with Crippen molar-refractivity contribution in [2.75, 3.05) is 12.4 Å². The number of nitrogens with zero attached hydrogens (tertiary/aromatic N) is 1. The summed E-state index contributed by atoms with van der Waals surface area (Å²) >= 11 is 1.66. The van der Waals surface area contributed by atoms with E-state index in [1.54, 1.807) is 23.3 Å². The fourth-order valence-corrected chi connectivity index (χ4v) is 3.71. The zero-order valence-electron chi connectivity index (χ0n) is 14.1. The minimum Gasteiger partial charge on any atom is -0.331 e. The lowest BCUT2D eigenvalue weighted by molar-refractivity contribution is -0.115. The van der Waals surface area contributed by atoms with Gasteiger partial charge in [-0.15, -0.1) is 11.3 Å². The average molecular weight is 343 g/mol. The lowest BCUT2D eigenvalue weighted by Gasteiger charge is -2.22. The highest BCUT2D eigenvalue weighted by molar-refractivity contribution is 7.10. The number of benzene rings is 1. The molecule has 1 aromatic heterocycles.